The van der Waals surface area contributed by atoms with Crippen LogP contribution >= 0.6 is 34.3 Å². The standard InChI is InChI=1S/C16H13ClOS2/c1-9-6-11-7-10(2-3-12(11)18-9)16(17)15-8-14-13(20-15)4-5-19-14/h2-5,7-9,16H,6H2,1H3. The third kappa shape index (κ3) is 2.05. The van der Waals surface area contributed by atoms with E-state index in [1.54, 1.807) is 22.7 Å². The molecule has 1 aliphatic heterocycles. The van der Waals surface area contributed by atoms with Crippen molar-refractivity contribution in [3.05, 3.63) is 51.7 Å². The fourth-order valence-electron chi connectivity index (χ4n) is 2.67. The zero-order valence-electron chi connectivity index (χ0n) is 10.9. The van der Waals surface area contributed by atoms with E-state index in [4.69, 9.17) is 16.3 Å². The molecule has 1 aliphatic rings. The summed E-state index contributed by atoms with van der Waals surface area (Å²) >= 11 is 10.2. The minimum Gasteiger partial charge on any atom is -0.490 e. The van der Waals surface area contributed by atoms with Gasteiger partial charge in [-0.2, -0.15) is 0 Å². The van der Waals surface area contributed by atoms with Crippen LogP contribution in [0.15, 0.2) is 35.7 Å². The summed E-state index contributed by atoms with van der Waals surface area (Å²) in [5.74, 6) is 1.01. The van der Waals surface area contributed by atoms with E-state index in [0.717, 1.165) is 17.7 Å². The SMILES string of the molecule is CC1Cc2cc(C(Cl)c3cc4sccc4s3)ccc2O1. The Morgan fingerprint density at radius 1 is 1.25 bits per heavy atom. The number of hydrogen-bond acceptors (Lipinski definition) is 3. The average Bonchev–Trinajstić information content (AvgIpc) is 3.08. The Morgan fingerprint density at radius 3 is 3.00 bits per heavy atom. The molecule has 2 aromatic heterocycles. The third-order valence-electron chi connectivity index (χ3n) is 3.62. The van der Waals surface area contributed by atoms with Crippen molar-refractivity contribution in [2.75, 3.05) is 0 Å². The number of halogens is 1. The second kappa shape index (κ2) is 4.76. The molecule has 0 spiro atoms. The van der Waals surface area contributed by atoms with Crippen molar-refractivity contribution in [1.82, 2.24) is 0 Å². The molecule has 0 radical (unpaired) electrons. The molecule has 3 aromatic rings. The van der Waals surface area contributed by atoms with Gasteiger partial charge in [0.1, 0.15) is 11.9 Å². The fraction of sp³-hybridized carbons (Fsp3) is 0.250. The number of thiophene rings is 2. The van der Waals surface area contributed by atoms with Crippen molar-refractivity contribution in [3.8, 4) is 5.75 Å². The summed E-state index contributed by atoms with van der Waals surface area (Å²) in [6.07, 6.45) is 1.26. The molecule has 4 heteroatoms. The zero-order valence-corrected chi connectivity index (χ0v) is 13.3. The van der Waals surface area contributed by atoms with Crippen LogP contribution in [-0.2, 0) is 6.42 Å². The quantitative estimate of drug-likeness (QED) is 0.557. The van der Waals surface area contributed by atoms with Crippen LogP contribution in [0, 0.1) is 0 Å². The molecular formula is C16H13ClOS2. The highest BCUT2D eigenvalue weighted by molar-refractivity contribution is 7.27. The highest BCUT2D eigenvalue weighted by atomic mass is 35.5. The smallest absolute Gasteiger partial charge is 0.123 e. The van der Waals surface area contributed by atoms with Crippen LogP contribution in [0.3, 0.4) is 0 Å². The number of benzene rings is 1. The van der Waals surface area contributed by atoms with Gasteiger partial charge in [0.15, 0.2) is 0 Å². The molecular weight excluding hydrogens is 308 g/mol. The van der Waals surface area contributed by atoms with Crippen molar-refractivity contribution < 1.29 is 4.74 Å². The first-order chi connectivity index (χ1) is 9.70. The molecule has 0 bridgehead atoms. The summed E-state index contributed by atoms with van der Waals surface area (Å²) in [5, 5.41) is 2.06. The highest BCUT2D eigenvalue weighted by Gasteiger charge is 2.22. The summed E-state index contributed by atoms with van der Waals surface area (Å²) in [4.78, 5) is 1.22. The lowest BCUT2D eigenvalue weighted by molar-refractivity contribution is 0.254. The average molecular weight is 321 g/mol. The number of fused-ring (bicyclic) bond motifs is 2. The van der Waals surface area contributed by atoms with Gasteiger partial charge in [-0.05, 0) is 41.6 Å². The predicted molar refractivity (Wildman–Crippen MR) is 87.6 cm³/mol. The molecule has 0 amide bonds. The van der Waals surface area contributed by atoms with Crippen LogP contribution in [0.5, 0.6) is 5.75 Å². The summed E-state index contributed by atoms with van der Waals surface area (Å²) in [6, 6.07) is 10.7. The number of rotatable bonds is 2. The molecule has 3 heterocycles. The molecule has 2 atom stereocenters. The summed E-state index contributed by atoms with van der Waals surface area (Å²) in [6.45, 7) is 2.10. The molecule has 20 heavy (non-hydrogen) atoms. The lowest BCUT2D eigenvalue weighted by atomic mass is 10.0. The second-order valence-electron chi connectivity index (χ2n) is 5.16. The van der Waals surface area contributed by atoms with Crippen molar-refractivity contribution in [2.24, 2.45) is 0 Å². The van der Waals surface area contributed by atoms with Gasteiger partial charge < -0.3 is 4.74 Å². The van der Waals surface area contributed by atoms with E-state index in [0.29, 0.717) is 0 Å². The summed E-state index contributed by atoms with van der Waals surface area (Å²) in [5.41, 5.74) is 2.44. The number of hydrogen-bond donors (Lipinski definition) is 0. The largest absolute Gasteiger partial charge is 0.490 e. The van der Waals surface area contributed by atoms with Gasteiger partial charge in [0, 0.05) is 20.7 Å². The van der Waals surface area contributed by atoms with E-state index < -0.39 is 0 Å². The fourth-order valence-corrected chi connectivity index (χ4v) is 5.13. The Morgan fingerprint density at radius 2 is 2.15 bits per heavy atom. The Balaban J connectivity index is 1.70. The van der Waals surface area contributed by atoms with Gasteiger partial charge in [0.25, 0.3) is 0 Å². The molecule has 1 nitrogen and oxygen atoms in total. The molecule has 0 fully saturated rings. The summed E-state index contributed by atoms with van der Waals surface area (Å²) < 4.78 is 8.40. The first-order valence-electron chi connectivity index (χ1n) is 6.61. The Hall–Kier alpha value is -1.03. The van der Waals surface area contributed by atoms with Crippen molar-refractivity contribution in [2.45, 2.75) is 24.8 Å². The van der Waals surface area contributed by atoms with Gasteiger partial charge in [0.2, 0.25) is 0 Å². The van der Waals surface area contributed by atoms with Crippen molar-refractivity contribution in [1.29, 1.82) is 0 Å². The molecule has 0 aliphatic carbocycles. The van der Waals surface area contributed by atoms with Crippen LogP contribution < -0.4 is 4.74 Å². The van der Waals surface area contributed by atoms with Crippen LogP contribution in [0.1, 0.15) is 28.3 Å². The molecule has 4 rings (SSSR count). The van der Waals surface area contributed by atoms with E-state index in [1.807, 2.05) is 0 Å². The lowest BCUT2D eigenvalue weighted by Crippen LogP contribution is -2.05. The Labute approximate surface area is 130 Å². The van der Waals surface area contributed by atoms with E-state index in [-0.39, 0.29) is 11.5 Å². The molecule has 0 saturated carbocycles. The third-order valence-corrected chi connectivity index (χ3v) is 6.40. The molecule has 2 unspecified atom stereocenters. The van der Waals surface area contributed by atoms with Crippen molar-refractivity contribution in [3.63, 3.8) is 0 Å². The Kier molecular flexibility index (Phi) is 3.02. The van der Waals surface area contributed by atoms with E-state index in [9.17, 15) is 0 Å². The van der Waals surface area contributed by atoms with Gasteiger partial charge in [-0.3, -0.25) is 0 Å². The van der Waals surface area contributed by atoms with E-state index >= 15 is 0 Å². The summed E-state index contributed by atoms with van der Waals surface area (Å²) in [7, 11) is 0. The number of alkyl halides is 1. The van der Waals surface area contributed by atoms with E-state index in [1.165, 1.54) is 19.8 Å². The minimum absolute atomic E-state index is 0.0687. The van der Waals surface area contributed by atoms with Gasteiger partial charge in [-0.25, -0.2) is 0 Å². The maximum Gasteiger partial charge on any atom is 0.123 e. The second-order valence-corrected chi connectivity index (χ2v) is 7.66. The number of ether oxygens (including phenoxy) is 1. The van der Waals surface area contributed by atoms with Gasteiger partial charge in [-0.15, -0.1) is 34.3 Å². The Bertz CT molecular complexity index is 745. The zero-order chi connectivity index (χ0) is 13.7. The van der Waals surface area contributed by atoms with Gasteiger partial charge in [-0.1, -0.05) is 12.1 Å². The maximum absolute atomic E-state index is 6.67. The van der Waals surface area contributed by atoms with Crippen LogP contribution in [0.2, 0.25) is 0 Å². The van der Waals surface area contributed by atoms with Crippen LogP contribution in [-0.4, -0.2) is 6.10 Å². The van der Waals surface area contributed by atoms with Gasteiger partial charge >= 0.3 is 0 Å². The topological polar surface area (TPSA) is 9.23 Å². The van der Waals surface area contributed by atoms with E-state index in [2.05, 4.69) is 42.6 Å². The molecule has 0 N–H and O–H groups in total. The lowest BCUT2D eigenvalue weighted by Gasteiger charge is -2.09. The normalized spacial score (nSPS) is 19.0. The van der Waals surface area contributed by atoms with Crippen LogP contribution in [0.25, 0.3) is 9.40 Å². The molecule has 1 aromatic carbocycles. The highest BCUT2D eigenvalue weighted by Crippen LogP contribution is 2.40. The first-order valence-corrected chi connectivity index (χ1v) is 8.74. The predicted octanol–water partition coefficient (Wildman–Crippen LogP) is 5.61. The van der Waals surface area contributed by atoms with Crippen LogP contribution in [0.4, 0.5) is 0 Å². The molecule has 102 valence electrons. The van der Waals surface area contributed by atoms with Gasteiger partial charge in [0.05, 0.1) is 5.38 Å². The first kappa shape index (κ1) is 12.7. The minimum atomic E-state index is -0.0687. The maximum atomic E-state index is 6.67. The monoisotopic (exact) mass is 320 g/mol. The molecule has 0 saturated heterocycles. The van der Waals surface area contributed by atoms with Crippen molar-refractivity contribution >= 4 is 43.7 Å².